The maximum atomic E-state index is 5.90. The zero-order valence-corrected chi connectivity index (χ0v) is 11.5. The smallest absolute Gasteiger partial charge is 0.175 e. The van der Waals surface area contributed by atoms with Crippen LogP contribution in [0.1, 0.15) is 0 Å². The van der Waals surface area contributed by atoms with E-state index < -0.39 is 0 Å². The Balaban J connectivity index is 2.03. The van der Waals surface area contributed by atoms with Gasteiger partial charge in [-0.3, -0.25) is 4.98 Å². The SMILES string of the molecule is S=C(Nc1cccnc1)Nc1cc(Cl)cc(Cl)c1. The molecule has 2 N–H and O–H groups in total. The van der Waals surface area contributed by atoms with Crippen LogP contribution in [0.2, 0.25) is 10.0 Å². The number of hydrogen-bond donors (Lipinski definition) is 2. The number of hydrogen-bond acceptors (Lipinski definition) is 2. The summed E-state index contributed by atoms with van der Waals surface area (Å²) in [5.41, 5.74) is 1.54. The third-order valence-electron chi connectivity index (χ3n) is 2.04. The van der Waals surface area contributed by atoms with E-state index in [4.69, 9.17) is 35.4 Å². The zero-order chi connectivity index (χ0) is 13.0. The fraction of sp³-hybridized carbons (Fsp3) is 0. The van der Waals surface area contributed by atoms with Crippen molar-refractivity contribution in [2.45, 2.75) is 0 Å². The highest BCUT2D eigenvalue weighted by Gasteiger charge is 2.01. The topological polar surface area (TPSA) is 37.0 Å². The van der Waals surface area contributed by atoms with Gasteiger partial charge in [-0.15, -0.1) is 0 Å². The maximum Gasteiger partial charge on any atom is 0.175 e. The van der Waals surface area contributed by atoms with Crippen molar-refractivity contribution < 1.29 is 0 Å². The van der Waals surface area contributed by atoms with Gasteiger partial charge in [-0.05, 0) is 42.5 Å². The second-order valence-corrected chi connectivity index (χ2v) is 4.76. The summed E-state index contributed by atoms with van der Waals surface area (Å²) in [6.07, 6.45) is 3.37. The molecule has 3 nitrogen and oxygen atoms in total. The van der Waals surface area contributed by atoms with E-state index in [1.54, 1.807) is 30.6 Å². The van der Waals surface area contributed by atoms with Crippen LogP contribution in [0.25, 0.3) is 0 Å². The van der Waals surface area contributed by atoms with E-state index >= 15 is 0 Å². The first-order valence-electron chi connectivity index (χ1n) is 5.07. The summed E-state index contributed by atoms with van der Waals surface area (Å²) in [4.78, 5) is 3.98. The number of rotatable bonds is 2. The molecule has 1 heterocycles. The molecule has 0 unspecified atom stereocenters. The fourth-order valence-electron chi connectivity index (χ4n) is 1.36. The first-order chi connectivity index (χ1) is 8.63. The van der Waals surface area contributed by atoms with Gasteiger partial charge >= 0.3 is 0 Å². The largest absolute Gasteiger partial charge is 0.332 e. The van der Waals surface area contributed by atoms with Crippen LogP contribution in [0.5, 0.6) is 0 Å². The van der Waals surface area contributed by atoms with Crippen molar-refractivity contribution in [1.82, 2.24) is 4.98 Å². The molecule has 0 radical (unpaired) electrons. The van der Waals surface area contributed by atoms with Gasteiger partial charge in [0.25, 0.3) is 0 Å². The molecule has 0 saturated carbocycles. The lowest BCUT2D eigenvalue weighted by Gasteiger charge is -2.10. The lowest BCUT2D eigenvalue weighted by atomic mass is 10.3. The van der Waals surface area contributed by atoms with Crippen LogP contribution < -0.4 is 10.6 Å². The molecule has 92 valence electrons. The first-order valence-corrected chi connectivity index (χ1v) is 6.24. The number of nitrogens with zero attached hydrogens (tertiary/aromatic N) is 1. The van der Waals surface area contributed by atoms with Gasteiger partial charge in [0.1, 0.15) is 0 Å². The Hall–Kier alpha value is -1.36. The maximum absolute atomic E-state index is 5.90. The molecule has 1 aromatic carbocycles. The van der Waals surface area contributed by atoms with Crippen molar-refractivity contribution in [3.63, 3.8) is 0 Å². The Morgan fingerprint density at radius 1 is 1.06 bits per heavy atom. The molecule has 0 fully saturated rings. The molecule has 0 spiro atoms. The van der Waals surface area contributed by atoms with Crippen LogP contribution >= 0.6 is 35.4 Å². The minimum Gasteiger partial charge on any atom is -0.332 e. The summed E-state index contributed by atoms with van der Waals surface area (Å²) >= 11 is 17.0. The minimum absolute atomic E-state index is 0.446. The molecular formula is C12H9Cl2N3S. The van der Waals surface area contributed by atoms with E-state index in [9.17, 15) is 0 Å². The second kappa shape index (κ2) is 6.00. The van der Waals surface area contributed by atoms with Gasteiger partial charge < -0.3 is 10.6 Å². The number of thiocarbonyl (C=S) groups is 1. The van der Waals surface area contributed by atoms with Crippen LogP contribution in [0.15, 0.2) is 42.7 Å². The summed E-state index contributed by atoms with van der Waals surface area (Å²) in [5.74, 6) is 0. The van der Waals surface area contributed by atoms with E-state index in [1.807, 2.05) is 12.1 Å². The summed E-state index contributed by atoms with van der Waals surface area (Å²) in [5, 5.41) is 7.54. The van der Waals surface area contributed by atoms with E-state index in [2.05, 4.69) is 15.6 Å². The molecule has 2 aromatic rings. The monoisotopic (exact) mass is 297 g/mol. The quantitative estimate of drug-likeness (QED) is 0.815. The van der Waals surface area contributed by atoms with Gasteiger partial charge in [0, 0.05) is 21.9 Å². The van der Waals surface area contributed by atoms with Crippen molar-refractivity contribution in [3.05, 3.63) is 52.8 Å². The predicted octanol–water partition coefficient (Wildman–Crippen LogP) is 4.20. The molecule has 0 amide bonds. The molecule has 0 saturated heterocycles. The lowest BCUT2D eigenvalue weighted by Crippen LogP contribution is -2.19. The van der Waals surface area contributed by atoms with E-state index in [1.165, 1.54) is 0 Å². The zero-order valence-electron chi connectivity index (χ0n) is 9.15. The van der Waals surface area contributed by atoms with E-state index in [0.717, 1.165) is 11.4 Å². The third kappa shape index (κ3) is 3.84. The molecular weight excluding hydrogens is 289 g/mol. The highest BCUT2D eigenvalue weighted by Crippen LogP contribution is 2.22. The number of nitrogens with one attached hydrogen (secondary N) is 2. The highest BCUT2D eigenvalue weighted by molar-refractivity contribution is 7.80. The first kappa shape index (κ1) is 13.1. The Morgan fingerprint density at radius 3 is 2.33 bits per heavy atom. The molecule has 2 rings (SSSR count). The number of benzene rings is 1. The lowest BCUT2D eigenvalue weighted by molar-refractivity contribution is 1.33. The molecule has 18 heavy (non-hydrogen) atoms. The van der Waals surface area contributed by atoms with Crippen molar-refractivity contribution in [1.29, 1.82) is 0 Å². The molecule has 1 aromatic heterocycles. The second-order valence-electron chi connectivity index (χ2n) is 3.48. The molecule has 0 bridgehead atoms. The summed E-state index contributed by atoms with van der Waals surface area (Å²) in [7, 11) is 0. The van der Waals surface area contributed by atoms with Gasteiger partial charge in [-0.1, -0.05) is 23.2 Å². The fourth-order valence-corrected chi connectivity index (χ4v) is 2.12. The average molecular weight is 298 g/mol. The molecule has 6 heteroatoms. The number of halogens is 2. The van der Waals surface area contributed by atoms with E-state index in [0.29, 0.717) is 15.2 Å². The predicted molar refractivity (Wildman–Crippen MR) is 80.5 cm³/mol. The van der Waals surface area contributed by atoms with Crippen molar-refractivity contribution in [3.8, 4) is 0 Å². The number of pyridine rings is 1. The Morgan fingerprint density at radius 2 is 1.72 bits per heavy atom. The molecule has 0 aliphatic heterocycles. The van der Waals surface area contributed by atoms with Gasteiger partial charge in [0.05, 0.1) is 11.9 Å². The molecule has 0 aliphatic rings. The van der Waals surface area contributed by atoms with Crippen molar-refractivity contribution in [2.75, 3.05) is 10.6 Å². The Labute approximate surface area is 120 Å². The normalized spacial score (nSPS) is 9.89. The van der Waals surface area contributed by atoms with Gasteiger partial charge in [-0.2, -0.15) is 0 Å². The summed E-state index contributed by atoms with van der Waals surface area (Å²) in [6.45, 7) is 0. The third-order valence-corrected chi connectivity index (χ3v) is 2.68. The Kier molecular flexibility index (Phi) is 4.36. The van der Waals surface area contributed by atoms with Gasteiger partial charge in [-0.25, -0.2) is 0 Å². The van der Waals surface area contributed by atoms with Crippen LogP contribution in [-0.2, 0) is 0 Å². The van der Waals surface area contributed by atoms with Crippen LogP contribution in [-0.4, -0.2) is 10.1 Å². The van der Waals surface area contributed by atoms with Crippen LogP contribution in [0, 0.1) is 0 Å². The standard InChI is InChI=1S/C12H9Cl2N3S/c13-8-4-9(14)6-11(5-8)17-12(18)16-10-2-1-3-15-7-10/h1-7H,(H2,16,17,18). The van der Waals surface area contributed by atoms with E-state index in [-0.39, 0.29) is 0 Å². The number of aromatic nitrogens is 1. The van der Waals surface area contributed by atoms with Gasteiger partial charge in [0.2, 0.25) is 0 Å². The molecule has 0 atom stereocenters. The minimum atomic E-state index is 0.446. The van der Waals surface area contributed by atoms with Crippen LogP contribution in [0.3, 0.4) is 0 Å². The average Bonchev–Trinajstić information content (AvgIpc) is 2.28. The van der Waals surface area contributed by atoms with Crippen LogP contribution in [0.4, 0.5) is 11.4 Å². The summed E-state index contributed by atoms with van der Waals surface area (Å²) < 4.78 is 0. The van der Waals surface area contributed by atoms with Crippen molar-refractivity contribution >= 4 is 51.9 Å². The van der Waals surface area contributed by atoms with Crippen molar-refractivity contribution in [2.24, 2.45) is 0 Å². The van der Waals surface area contributed by atoms with Gasteiger partial charge in [0.15, 0.2) is 5.11 Å². The number of anilines is 2. The highest BCUT2D eigenvalue weighted by atomic mass is 35.5. The Bertz CT molecular complexity index is 540. The molecule has 0 aliphatic carbocycles. The summed E-state index contributed by atoms with van der Waals surface area (Å²) in [6, 6.07) is 8.83.